The molecule has 6 rings (SSSR count). The molecule has 253 valence electrons. The fourth-order valence-electron chi connectivity index (χ4n) is 5.76. The number of hydrogen-bond donors (Lipinski definition) is 3. The number of anilines is 1. The van der Waals surface area contributed by atoms with E-state index in [-0.39, 0.29) is 40.7 Å². The molecule has 3 unspecified atom stereocenters. The molecule has 1 aromatic heterocycles. The summed E-state index contributed by atoms with van der Waals surface area (Å²) in [5, 5.41) is 6.74. The van der Waals surface area contributed by atoms with Crippen LogP contribution in [0.5, 0.6) is 17.2 Å². The van der Waals surface area contributed by atoms with Gasteiger partial charge < -0.3 is 24.8 Å². The van der Waals surface area contributed by atoms with Gasteiger partial charge in [-0.3, -0.25) is 4.79 Å². The number of carbonyl (C=O) groups excluding carboxylic acids is 1. The summed E-state index contributed by atoms with van der Waals surface area (Å²) in [4.78, 5) is 18.5. The summed E-state index contributed by atoms with van der Waals surface area (Å²) in [6, 6.07) is 14.6. The third kappa shape index (κ3) is 7.53. The van der Waals surface area contributed by atoms with E-state index in [0.717, 1.165) is 34.5 Å². The predicted molar refractivity (Wildman–Crippen MR) is 192 cm³/mol. The van der Waals surface area contributed by atoms with Gasteiger partial charge in [0.1, 0.15) is 34.6 Å². The van der Waals surface area contributed by atoms with Gasteiger partial charge in [0.25, 0.3) is 5.91 Å². The summed E-state index contributed by atoms with van der Waals surface area (Å²) in [5.74, 6) is -0.994. The Morgan fingerprint density at radius 1 is 1.14 bits per heavy atom. The van der Waals surface area contributed by atoms with E-state index in [9.17, 15) is 9.18 Å². The zero-order valence-corrected chi connectivity index (χ0v) is 28.8. The number of ether oxygens (including phenoxy) is 3. The van der Waals surface area contributed by atoms with Gasteiger partial charge in [-0.2, -0.15) is 0 Å². The van der Waals surface area contributed by atoms with Gasteiger partial charge in [-0.1, -0.05) is 42.3 Å². The van der Waals surface area contributed by atoms with Crippen LogP contribution in [0.1, 0.15) is 58.4 Å². The maximum absolute atomic E-state index is 15.2. The Bertz CT molecular complexity index is 1940. The second-order valence-electron chi connectivity index (χ2n) is 11.5. The number of carbonyl (C=O) groups is 1. The first-order valence-electron chi connectivity index (χ1n) is 15.3. The fraction of sp³-hybridized carbons (Fsp3) is 0.250. The molecular formula is C36H34BCl2F2N4O4. The van der Waals surface area contributed by atoms with Crippen molar-refractivity contribution in [2.24, 2.45) is 5.73 Å². The van der Waals surface area contributed by atoms with Crippen LogP contribution in [-0.2, 0) is 0 Å². The number of nitrogens with one attached hydrogen (secondary N) is 2. The van der Waals surface area contributed by atoms with Gasteiger partial charge in [0, 0.05) is 51.7 Å². The first kappa shape index (κ1) is 35.7. The number of aromatic nitrogens is 1. The summed E-state index contributed by atoms with van der Waals surface area (Å²) in [6.45, 7) is 4.43. The second-order valence-corrected chi connectivity index (χ2v) is 12.4. The molecule has 0 saturated carbocycles. The normalized spacial score (nSPS) is 16.3. The van der Waals surface area contributed by atoms with Gasteiger partial charge in [0.05, 0.1) is 43.3 Å². The van der Waals surface area contributed by atoms with Crippen LogP contribution in [0.25, 0.3) is 17.3 Å². The van der Waals surface area contributed by atoms with Crippen LogP contribution in [0.15, 0.2) is 59.6 Å². The number of hydrogen-bond acceptors (Lipinski definition) is 7. The third-order valence-corrected chi connectivity index (χ3v) is 9.02. The minimum atomic E-state index is -0.871. The van der Waals surface area contributed by atoms with Crippen LogP contribution in [0.3, 0.4) is 0 Å². The molecule has 0 bridgehead atoms. The average Bonchev–Trinajstić information content (AvgIpc) is 3.46. The molecule has 0 spiro atoms. The van der Waals surface area contributed by atoms with E-state index >= 15 is 4.39 Å². The summed E-state index contributed by atoms with van der Waals surface area (Å²) in [5.41, 5.74) is 8.77. The van der Waals surface area contributed by atoms with Crippen molar-refractivity contribution in [1.29, 1.82) is 0 Å². The molecule has 1 amide bonds. The molecule has 3 atom stereocenters. The summed E-state index contributed by atoms with van der Waals surface area (Å²) in [6.07, 6.45) is 2.82. The number of methoxy groups -OCH3 is 2. The van der Waals surface area contributed by atoms with Crippen molar-refractivity contribution in [2.45, 2.75) is 31.7 Å². The Kier molecular flexibility index (Phi) is 11.1. The summed E-state index contributed by atoms with van der Waals surface area (Å²) >= 11 is 12.5. The first-order valence-corrected chi connectivity index (χ1v) is 16.1. The number of pyridine rings is 1. The standard InChI is InChI=1S/C35H31Cl2F2N3O4.CH3BN/c1-17-16-46-34-23(17)13-30(42-33(34)24-12-27(37)29(39)14-28(24)38)25(19-6-5-7-22(9-19)44-3)15-40-35(43)21-8-20-10-26(36)18(2)41-32(20)31(11-21)45-4;2-1-3/h5-14,17-18,25,41H,15-16H2,1-4H3,(H,40,43);1H,3H2. The Morgan fingerprint density at radius 2 is 1.90 bits per heavy atom. The van der Waals surface area contributed by atoms with Crippen LogP contribution in [0, 0.1) is 11.6 Å². The van der Waals surface area contributed by atoms with E-state index in [1.165, 1.54) is 6.07 Å². The SMILES string of the molecule is COc1cccc(C(CNC(=O)c2cc3c(c(OC)c2)NC(C)C(Cl)=C3)c2cc3c(c(-c4cc(Cl)c(F)cc4F)n2)OCC3C)c1.[B]=CN. The summed E-state index contributed by atoms with van der Waals surface area (Å²) in [7, 11) is 7.61. The molecule has 0 saturated heterocycles. The molecule has 0 aliphatic carbocycles. The molecule has 2 aliphatic heterocycles. The zero-order chi connectivity index (χ0) is 35.4. The monoisotopic (exact) mass is 705 g/mol. The van der Waals surface area contributed by atoms with E-state index in [4.69, 9.17) is 42.4 Å². The molecular weight excluding hydrogens is 672 g/mol. The number of amides is 1. The molecule has 4 N–H and O–H groups in total. The van der Waals surface area contributed by atoms with Crippen molar-refractivity contribution in [3.63, 3.8) is 0 Å². The topological polar surface area (TPSA) is 108 Å². The third-order valence-electron chi connectivity index (χ3n) is 8.30. The molecule has 2 aliphatic rings. The predicted octanol–water partition coefficient (Wildman–Crippen LogP) is 7.02. The van der Waals surface area contributed by atoms with E-state index in [1.54, 1.807) is 26.4 Å². The van der Waals surface area contributed by atoms with Gasteiger partial charge in [0.15, 0.2) is 0 Å². The van der Waals surface area contributed by atoms with E-state index in [2.05, 4.69) is 23.9 Å². The van der Waals surface area contributed by atoms with Gasteiger partial charge in [-0.15, -0.1) is 0 Å². The molecule has 49 heavy (non-hydrogen) atoms. The van der Waals surface area contributed by atoms with Crippen molar-refractivity contribution in [3.05, 3.63) is 104 Å². The van der Waals surface area contributed by atoms with Crippen LogP contribution in [-0.4, -0.2) is 57.9 Å². The fourth-order valence-corrected chi connectivity index (χ4v) is 6.10. The second kappa shape index (κ2) is 15.3. The van der Waals surface area contributed by atoms with Gasteiger partial charge in [0.2, 0.25) is 0 Å². The number of benzene rings is 3. The Hall–Kier alpha value is -4.61. The molecule has 4 aromatic rings. The van der Waals surface area contributed by atoms with Crippen LogP contribution >= 0.6 is 23.2 Å². The number of nitrogens with two attached hydrogens (primary N) is 1. The van der Waals surface area contributed by atoms with E-state index in [0.29, 0.717) is 40.1 Å². The Morgan fingerprint density at radius 3 is 2.61 bits per heavy atom. The average molecular weight is 706 g/mol. The van der Waals surface area contributed by atoms with Crippen molar-refractivity contribution in [2.75, 3.05) is 32.7 Å². The number of halogens is 4. The molecule has 8 nitrogen and oxygen atoms in total. The molecule has 1 radical (unpaired) electrons. The Labute approximate surface area is 294 Å². The zero-order valence-electron chi connectivity index (χ0n) is 27.2. The van der Waals surface area contributed by atoms with Crippen molar-refractivity contribution >= 4 is 54.5 Å². The molecule has 3 heterocycles. The van der Waals surface area contributed by atoms with Crippen molar-refractivity contribution in [3.8, 4) is 28.5 Å². The molecule has 13 heteroatoms. The number of fused-ring (bicyclic) bond motifs is 2. The molecule has 3 aromatic carbocycles. The van der Waals surface area contributed by atoms with Crippen LogP contribution < -0.4 is 30.6 Å². The minimum absolute atomic E-state index is 0.0165. The number of rotatable bonds is 8. The van der Waals surface area contributed by atoms with Gasteiger partial charge in [-0.25, -0.2) is 13.8 Å². The number of nitrogens with zero attached hydrogens (tertiary/aromatic N) is 1. The first-order chi connectivity index (χ1) is 23.5. The van der Waals surface area contributed by atoms with E-state index < -0.39 is 17.6 Å². The van der Waals surface area contributed by atoms with Crippen molar-refractivity contribution < 1.29 is 27.8 Å². The van der Waals surface area contributed by atoms with Gasteiger partial charge in [-0.05, 0) is 55.0 Å². The quantitative estimate of drug-likeness (QED) is 0.134. The van der Waals surface area contributed by atoms with Crippen molar-refractivity contribution in [1.82, 2.24) is 10.3 Å². The maximum atomic E-state index is 15.2. The molecule has 0 fully saturated rings. The van der Waals surface area contributed by atoms with Crippen LogP contribution in [0.4, 0.5) is 14.5 Å². The van der Waals surface area contributed by atoms with Crippen LogP contribution in [0.2, 0.25) is 5.02 Å². The Balaban J connectivity index is 0.00000151. The summed E-state index contributed by atoms with van der Waals surface area (Å²) < 4.78 is 46.4. The van der Waals surface area contributed by atoms with E-state index in [1.807, 2.05) is 50.3 Å². The van der Waals surface area contributed by atoms with Gasteiger partial charge >= 0.3 is 19.3 Å².